The number of hydrogen-bond acceptors (Lipinski definition) is 6. The molecule has 0 radical (unpaired) electrons. The van der Waals surface area contributed by atoms with Crippen LogP contribution in [-0.4, -0.2) is 71.2 Å². The van der Waals surface area contributed by atoms with Gasteiger partial charge in [-0.2, -0.15) is 0 Å². The first-order valence-electron chi connectivity index (χ1n) is 7.71. The highest BCUT2D eigenvalue weighted by Gasteiger charge is 2.47. The fraction of sp³-hybridized carbons (Fsp3) is 0.714. The number of hydrogen-bond donors (Lipinski definition) is 3. The highest BCUT2D eigenvalue weighted by atomic mass is 16.6. The molecule has 22 heavy (non-hydrogen) atoms. The van der Waals surface area contributed by atoms with Gasteiger partial charge in [0.25, 0.3) is 5.91 Å². The molecule has 1 amide bonds. The first kappa shape index (κ1) is 14.1. The topological polar surface area (TPSA) is 97.6 Å². The van der Waals surface area contributed by atoms with E-state index in [1.54, 1.807) is 6.20 Å². The normalized spacial score (nSPS) is 34.0. The monoisotopic (exact) mass is 308 g/mol. The lowest BCUT2D eigenvalue weighted by Crippen LogP contribution is -2.44. The molecule has 0 unspecified atom stereocenters. The van der Waals surface area contributed by atoms with Gasteiger partial charge in [-0.25, -0.2) is 4.98 Å². The quantitative estimate of drug-likeness (QED) is 0.602. The van der Waals surface area contributed by atoms with Crippen LogP contribution < -0.4 is 10.6 Å². The minimum atomic E-state index is -0.608. The Hall–Kier alpha value is -1.48. The summed E-state index contributed by atoms with van der Waals surface area (Å²) in [5.74, 6) is 0.719. The molecule has 3 aliphatic heterocycles. The van der Waals surface area contributed by atoms with Crippen LogP contribution in [0.1, 0.15) is 16.3 Å². The van der Waals surface area contributed by atoms with Crippen LogP contribution in [0.25, 0.3) is 0 Å². The van der Waals surface area contributed by atoms with Crippen molar-refractivity contribution in [3.63, 3.8) is 0 Å². The molecule has 0 aromatic carbocycles. The Morgan fingerprint density at radius 1 is 1.36 bits per heavy atom. The summed E-state index contributed by atoms with van der Waals surface area (Å²) in [4.78, 5) is 16.8. The highest BCUT2D eigenvalue weighted by molar-refractivity contribution is 5.92. The maximum absolute atomic E-state index is 12.4. The lowest BCUT2D eigenvalue weighted by atomic mass is 10.1. The summed E-state index contributed by atoms with van der Waals surface area (Å²) in [6.45, 7) is 3.20. The van der Waals surface area contributed by atoms with E-state index in [0.717, 1.165) is 31.9 Å². The second-order valence-corrected chi connectivity index (χ2v) is 5.98. The molecule has 4 heterocycles. The van der Waals surface area contributed by atoms with Gasteiger partial charge < -0.3 is 29.8 Å². The Morgan fingerprint density at radius 2 is 2.23 bits per heavy atom. The third kappa shape index (κ3) is 2.41. The summed E-state index contributed by atoms with van der Waals surface area (Å²) in [7, 11) is 0. The molecule has 8 nitrogen and oxygen atoms in total. The minimum absolute atomic E-state index is 0.215. The lowest BCUT2D eigenvalue weighted by molar-refractivity contribution is 0.0178. The Labute approximate surface area is 127 Å². The molecule has 3 aliphatic rings. The smallest absolute Gasteiger partial charge is 0.271 e. The molecule has 120 valence electrons. The van der Waals surface area contributed by atoms with Crippen LogP contribution in [0.15, 0.2) is 6.20 Å². The number of imidazole rings is 1. The van der Waals surface area contributed by atoms with E-state index in [1.807, 2.05) is 4.57 Å². The van der Waals surface area contributed by atoms with Crippen LogP contribution in [0.3, 0.4) is 0 Å². The maximum atomic E-state index is 12.4. The first-order valence-corrected chi connectivity index (χ1v) is 7.71. The molecule has 2 fully saturated rings. The number of aliphatic hydroxyl groups excluding tert-OH is 1. The number of aromatic nitrogens is 2. The summed E-state index contributed by atoms with van der Waals surface area (Å²) in [6, 6.07) is -0.238. The number of rotatable bonds is 2. The van der Waals surface area contributed by atoms with E-state index in [1.165, 1.54) is 0 Å². The predicted molar refractivity (Wildman–Crippen MR) is 75.5 cm³/mol. The average molecular weight is 308 g/mol. The maximum Gasteiger partial charge on any atom is 0.271 e. The van der Waals surface area contributed by atoms with Gasteiger partial charge in [-0.3, -0.25) is 4.79 Å². The third-order valence-corrected chi connectivity index (χ3v) is 4.49. The Bertz CT molecular complexity index is 552. The molecule has 4 rings (SSSR count). The van der Waals surface area contributed by atoms with Crippen molar-refractivity contribution >= 4 is 5.91 Å². The number of carbonyl (C=O) groups excluding carboxylic acids is 1. The largest absolute Gasteiger partial charge is 0.388 e. The van der Waals surface area contributed by atoms with Gasteiger partial charge in [0.1, 0.15) is 29.8 Å². The molecule has 0 spiro atoms. The molecule has 0 aliphatic carbocycles. The standard InChI is InChI=1S/C14H20N4O4/c19-10-7-22-12-9(6-21-13(10)12)17-14(20)8-5-18-4-3-15-2-1-11(18)16-8/h5,9-10,12-13,15,19H,1-4,6-7H2,(H,17,20)/t9-,10-,12-,13-/m1/s1. The average Bonchev–Trinajstić information content (AvgIpc) is 3.15. The molecule has 0 bridgehead atoms. The van der Waals surface area contributed by atoms with Crippen molar-refractivity contribution in [1.29, 1.82) is 0 Å². The van der Waals surface area contributed by atoms with Gasteiger partial charge in [0, 0.05) is 32.3 Å². The highest BCUT2D eigenvalue weighted by Crippen LogP contribution is 2.27. The van der Waals surface area contributed by atoms with Gasteiger partial charge in [0.05, 0.1) is 19.3 Å². The number of nitrogens with zero attached hydrogens (tertiary/aromatic N) is 2. The van der Waals surface area contributed by atoms with Crippen molar-refractivity contribution in [3.8, 4) is 0 Å². The number of ether oxygens (including phenoxy) is 2. The zero-order valence-corrected chi connectivity index (χ0v) is 12.2. The zero-order valence-electron chi connectivity index (χ0n) is 12.2. The third-order valence-electron chi connectivity index (χ3n) is 4.49. The molecule has 8 heteroatoms. The Balaban J connectivity index is 1.44. The number of carbonyl (C=O) groups is 1. The fourth-order valence-corrected chi connectivity index (χ4v) is 3.33. The van der Waals surface area contributed by atoms with Gasteiger partial charge >= 0.3 is 0 Å². The summed E-state index contributed by atoms with van der Waals surface area (Å²) in [5.41, 5.74) is 0.430. The summed E-state index contributed by atoms with van der Waals surface area (Å²) in [5, 5.41) is 15.9. The lowest BCUT2D eigenvalue weighted by Gasteiger charge is -2.16. The Kier molecular flexibility index (Phi) is 3.61. The van der Waals surface area contributed by atoms with Gasteiger partial charge in [0.15, 0.2) is 0 Å². The number of nitrogens with one attached hydrogen (secondary N) is 2. The predicted octanol–water partition coefficient (Wildman–Crippen LogP) is -1.71. The van der Waals surface area contributed by atoms with Crippen molar-refractivity contribution in [1.82, 2.24) is 20.2 Å². The van der Waals surface area contributed by atoms with Crippen molar-refractivity contribution in [2.75, 3.05) is 26.3 Å². The van der Waals surface area contributed by atoms with Crippen LogP contribution in [0.4, 0.5) is 0 Å². The molecule has 4 atom stereocenters. The number of amides is 1. The SMILES string of the molecule is O=C(N[C@@H]1CO[C@H]2[C@@H]1OC[C@H]2O)c1cn2c(n1)CCNCC2. The molecule has 2 saturated heterocycles. The molecule has 0 saturated carbocycles. The molecule has 1 aromatic heterocycles. The van der Waals surface area contributed by atoms with Gasteiger partial charge in [0.2, 0.25) is 0 Å². The zero-order chi connectivity index (χ0) is 15.1. The second kappa shape index (κ2) is 5.62. The van der Waals surface area contributed by atoms with E-state index >= 15 is 0 Å². The van der Waals surface area contributed by atoms with E-state index in [2.05, 4.69) is 15.6 Å². The molecular weight excluding hydrogens is 288 g/mol. The first-order chi connectivity index (χ1) is 10.7. The molecular formula is C14H20N4O4. The minimum Gasteiger partial charge on any atom is -0.388 e. The van der Waals surface area contributed by atoms with Crippen LogP contribution in [0, 0.1) is 0 Å². The van der Waals surface area contributed by atoms with Gasteiger partial charge in [-0.15, -0.1) is 0 Å². The van der Waals surface area contributed by atoms with E-state index in [0.29, 0.717) is 12.3 Å². The van der Waals surface area contributed by atoms with Crippen LogP contribution in [0.2, 0.25) is 0 Å². The fourth-order valence-electron chi connectivity index (χ4n) is 3.33. The van der Waals surface area contributed by atoms with Crippen molar-refractivity contribution < 1.29 is 19.4 Å². The van der Waals surface area contributed by atoms with Gasteiger partial charge in [-0.1, -0.05) is 0 Å². The van der Waals surface area contributed by atoms with Crippen LogP contribution in [0.5, 0.6) is 0 Å². The van der Waals surface area contributed by atoms with Crippen LogP contribution in [-0.2, 0) is 22.4 Å². The van der Waals surface area contributed by atoms with E-state index in [9.17, 15) is 9.90 Å². The van der Waals surface area contributed by atoms with Gasteiger partial charge in [-0.05, 0) is 0 Å². The summed E-state index contributed by atoms with van der Waals surface area (Å²) in [6.07, 6.45) is 1.40. The summed E-state index contributed by atoms with van der Waals surface area (Å²) >= 11 is 0. The molecule has 1 aromatic rings. The summed E-state index contributed by atoms with van der Waals surface area (Å²) < 4.78 is 13.1. The van der Waals surface area contributed by atoms with Crippen molar-refractivity contribution in [2.24, 2.45) is 0 Å². The second-order valence-electron chi connectivity index (χ2n) is 5.98. The van der Waals surface area contributed by atoms with Crippen LogP contribution >= 0.6 is 0 Å². The Morgan fingerprint density at radius 3 is 3.14 bits per heavy atom. The van der Waals surface area contributed by atoms with E-state index in [4.69, 9.17) is 9.47 Å². The van der Waals surface area contributed by atoms with Crippen molar-refractivity contribution in [3.05, 3.63) is 17.7 Å². The number of fused-ring (bicyclic) bond motifs is 2. The van der Waals surface area contributed by atoms with E-state index in [-0.39, 0.29) is 30.8 Å². The number of aliphatic hydroxyl groups is 1. The molecule has 3 N–H and O–H groups in total. The van der Waals surface area contributed by atoms with E-state index < -0.39 is 6.10 Å². The van der Waals surface area contributed by atoms with Crippen molar-refractivity contribution in [2.45, 2.75) is 37.3 Å².